The van der Waals surface area contributed by atoms with E-state index in [1.165, 1.54) is 0 Å². The molecule has 3 aromatic heterocycles. The minimum absolute atomic E-state index is 0.110. The van der Waals surface area contributed by atoms with Crippen molar-refractivity contribution in [1.29, 1.82) is 0 Å². The van der Waals surface area contributed by atoms with Crippen molar-refractivity contribution in [3.05, 3.63) is 117 Å². The number of rotatable bonds is 16. The standard InChI is InChI=1S/C57H70ClFN8O5SSi/c1-34-47(73-33-60-34)36-21-19-35(20-22-36)42(62-49(68)45-29-39(72-74(10,11)55(5,6)7)32-66(45)51(70)48(54(2,3)4)63-53(71)57(59)25-26-57)17-13-12-14-27-65-31-38(30-61-65)37-23-24-43-40(28-37)56(8,9)52-64-50(69)46-41(58)16-15-18-44(46)67(43)52/h15-16,18-24,28,30-31,33,39,42,45,48H,12-14,17,25-27,29,32H2,1-11H3,(H,62,68)(H,63,71)/t39-,42+,45+,48-/m1/s1. The number of benzene rings is 3. The van der Waals surface area contributed by atoms with Crippen LogP contribution in [0.4, 0.5) is 4.39 Å². The molecule has 1 aliphatic carbocycles. The molecule has 2 aliphatic heterocycles. The van der Waals surface area contributed by atoms with Gasteiger partial charge in [-0.3, -0.25) is 28.4 Å². The molecule has 392 valence electrons. The summed E-state index contributed by atoms with van der Waals surface area (Å²) in [5.74, 6) is -0.807. The van der Waals surface area contributed by atoms with Crippen LogP contribution in [0.2, 0.25) is 23.2 Å². The molecule has 5 heterocycles. The van der Waals surface area contributed by atoms with Gasteiger partial charge in [-0.15, -0.1) is 11.3 Å². The molecule has 2 N–H and O–H groups in total. The first-order chi connectivity index (χ1) is 34.8. The third-order valence-electron chi connectivity index (χ3n) is 15.9. The van der Waals surface area contributed by atoms with Crippen molar-refractivity contribution in [3.8, 4) is 27.3 Å². The Morgan fingerprint density at radius 1 is 0.959 bits per heavy atom. The SMILES string of the molecule is Cc1ncsc1-c1ccc([C@H](CCCCCn2cc(-c3ccc4c(c3)C(C)(C)c3nc(=O)c5c(Cl)cccc5n3-4)cn2)NC(=O)[C@@H]2C[C@@H](O[Si](C)(C)C(C)(C)C)CN2C(=O)[C@@H](NC(=O)C2(F)CC2)C(C)(C)C)cc1. The number of carbonyl (C=O) groups is 3. The molecule has 13 nitrogen and oxygen atoms in total. The summed E-state index contributed by atoms with van der Waals surface area (Å²) in [6.45, 7) is 23.4. The summed E-state index contributed by atoms with van der Waals surface area (Å²) in [7, 11) is -2.33. The maximum atomic E-state index is 15.1. The zero-order valence-electron chi connectivity index (χ0n) is 44.6. The Bertz CT molecular complexity index is 3190. The molecule has 9 rings (SSSR count). The van der Waals surface area contributed by atoms with Crippen LogP contribution in [0.1, 0.15) is 129 Å². The zero-order valence-corrected chi connectivity index (χ0v) is 47.1. The van der Waals surface area contributed by atoms with Crippen LogP contribution >= 0.6 is 22.9 Å². The molecule has 1 saturated heterocycles. The number of hydrogen-bond donors (Lipinski definition) is 2. The van der Waals surface area contributed by atoms with Crippen molar-refractivity contribution >= 4 is 59.9 Å². The maximum absolute atomic E-state index is 15.1. The molecule has 3 amide bonds. The van der Waals surface area contributed by atoms with E-state index >= 15 is 4.39 Å². The number of unbranched alkanes of at least 4 members (excludes halogenated alkanes) is 2. The summed E-state index contributed by atoms with van der Waals surface area (Å²) < 4.78 is 26.0. The van der Waals surface area contributed by atoms with E-state index in [1.54, 1.807) is 22.3 Å². The van der Waals surface area contributed by atoms with E-state index in [2.05, 4.69) is 122 Å². The summed E-state index contributed by atoms with van der Waals surface area (Å²) in [4.78, 5) is 67.7. The van der Waals surface area contributed by atoms with Gasteiger partial charge in [-0.25, -0.2) is 9.37 Å². The number of fused-ring (bicyclic) bond motifs is 5. The summed E-state index contributed by atoms with van der Waals surface area (Å²) in [6.07, 6.45) is 7.28. The number of amides is 3. The molecule has 0 unspecified atom stereocenters. The number of aryl methyl sites for hydroxylation is 2. The first kappa shape index (κ1) is 53.3. The second-order valence-electron chi connectivity index (χ2n) is 23.8. The molecule has 3 aliphatic rings. The lowest BCUT2D eigenvalue weighted by Gasteiger charge is -2.38. The van der Waals surface area contributed by atoms with Gasteiger partial charge in [0.05, 0.1) is 61.5 Å². The van der Waals surface area contributed by atoms with Crippen molar-refractivity contribution in [2.75, 3.05) is 6.54 Å². The summed E-state index contributed by atoms with van der Waals surface area (Å²) in [5.41, 5.74) is 5.97. The normalized spacial score (nSPS) is 18.7. The molecule has 6 aromatic rings. The average Bonchev–Trinajstić information content (AvgIpc) is 3.69. The lowest BCUT2D eigenvalue weighted by Crippen LogP contribution is -2.59. The highest BCUT2D eigenvalue weighted by Crippen LogP contribution is 2.45. The largest absolute Gasteiger partial charge is 0.412 e. The van der Waals surface area contributed by atoms with Crippen LogP contribution in [-0.4, -0.2) is 85.7 Å². The van der Waals surface area contributed by atoms with E-state index in [0.717, 1.165) is 68.9 Å². The number of nitrogens with zero attached hydrogens (tertiary/aromatic N) is 6. The second-order valence-corrected chi connectivity index (χ2v) is 29.9. The van der Waals surface area contributed by atoms with Gasteiger partial charge in [-0.1, -0.05) is 102 Å². The van der Waals surface area contributed by atoms with Crippen molar-refractivity contribution in [1.82, 2.24) is 39.8 Å². The molecular weight excluding hydrogens is 991 g/mol. The van der Waals surface area contributed by atoms with E-state index in [1.807, 2.05) is 56.2 Å². The Labute approximate surface area is 443 Å². The number of carbonyl (C=O) groups excluding carboxylic acids is 3. The Balaban J connectivity index is 0.909. The highest BCUT2D eigenvalue weighted by molar-refractivity contribution is 7.13. The van der Waals surface area contributed by atoms with Gasteiger partial charge in [0, 0.05) is 31.3 Å². The van der Waals surface area contributed by atoms with Gasteiger partial charge in [0.1, 0.15) is 17.9 Å². The summed E-state index contributed by atoms with van der Waals surface area (Å²) in [6, 6.07) is 17.8. The van der Waals surface area contributed by atoms with E-state index in [0.29, 0.717) is 35.6 Å². The van der Waals surface area contributed by atoms with Crippen molar-refractivity contribution in [3.63, 3.8) is 0 Å². The fourth-order valence-corrected chi connectivity index (χ4v) is 12.7. The van der Waals surface area contributed by atoms with Crippen LogP contribution in [-0.2, 0) is 30.8 Å². The average molecular weight is 1060 g/mol. The number of alkyl halides is 1. The fourth-order valence-electron chi connectivity index (χ4n) is 10.3. The van der Waals surface area contributed by atoms with Crippen LogP contribution in [0.3, 0.4) is 0 Å². The van der Waals surface area contributed by atoms with Gasteiger partial charge in [0.2, 0.25) is 11.8 Å². The fraction of sp³-hybridized carbons (Fsp3) is 0.491. The first-order valence-corrected chi connectivity index (χ1v) is 30.1. The minimum Gasteiger partial charge on any atom is -0.412 e. The predicted octanol–water partition coefficient (Wildman–Crippen LogP) is 11.4. The molecule has 0 bridgehead atoms. The maximum Gasteiger partial charge on any atom is 0.282 e. The Morgan fingerprint density at radius 2 is 1.68 bits per heavy atom. The van der Waals surface area contributed by atoms with Crippen LogP contribution in [0.5, 0.6) is 0 Å². The van der Waals surface area contributed by atoms with Crippen LogP contribution < -0.4 is 16.2 Å². The monoisotopic (exact) mass is 1060 g/mol. The van der Waals surface area contributed by atoms with Gasteiger partial charge in [0.25, 0.3) is 11.5 Å². The highest BCUT2D eigenvalue weighted by atomic mass is 35.5. The predicted molar refractivity (Wildman–Crippen MR) is 294 cm³/mol. The molecule has 0 radical (unpaired) electrons. The number of nitrogens with one attached hydrogen (secondary N) is 2. The molecule has 0 spiro atoms. The number of thiazole rings is 1. The molecule has 17 heteroatoms. The van der Waals surface area contributed by atoms with Crippen LogP contribution in [0.15, 0.2) is 83.4 Å². The van der Waals surface area contributed by atoms with Crippen LogP contribution in [0, 0.1) is 12.3 Å². The molecule has 1 saturated carbocycles. The first-order valence-electron chi connectivity index (χ1n) is 26.0. The van der Waals surface area contributed by atoms with Crippen molar-refractivity contribution in [2.24, 2.45) is 5.41 Å². The number of halogens is 2. The third kappa shape index (κ3) is 10.4. The van der Waals surface area contributed by atoms with Crippen molar-refractivity contribution in [2.45, 2.75) is 167 Å². The lowest BCUT2D eigenvalue weighted by molar-refractivity contribution is -0.145. The smallest absolute Gasteiger partial charge is 0.282 e. The van der Waals surface area contributed by atoms with E-state index in [4.69, 9.17) is 21.1 Å². The van der Waals surface area contributed by atoms with Gasteiger partial charge in [-0.2, -0.15) is 10.1 Å². The Morgan fingerprint density at radius 3 is 2.34 bits per heavy atom. The highest BCUT2D eigenvalue weighted by Gasteiger charge is 2.54. The molecule has 3 aromatic carbocycles. The number of hydrogen-bond acceptors (Lipinski definition) is 9. The van der Waals surface area contributed by atoms with E-state index < -0.39 is 54.8 Å². The minimum atomic E-state index is -2.33. The molecule has 2 fully saturated rings. The number of likely N-dealkylation sites (tertiary alicyclic amines) is 1. The molecule has 74 heavy (non-hydrogen) atoms. The summed E-state index contributed by atoms with van der Waals surface area (Å²) >= 11 is 8.09. The van der Waals surface area contributed by atoms with Gasteiger partial charge >= 0.3 is 0 Å². The Hall–Kier alpha value is -5.55. The van der Waals surface area contributed by atoms with E-state index in [9.17, 15) is 19.2 Å². The second kappa shape index (κ2) is 19.9. The van der Waals surface area contributed by atoms with Gasteiger partial charge < -0.3 is 20.0 Å². The topological polar surface area (TPSA) is 153 Å². The Kier molecular flexibility index (Phi) is 14.3. The van der Waals surface area contributed by atoms with Gasteiger partial charge in [-0.05, 0) is 117 Å². The van der Waals surface area contributed by atoms with Crippen LogP contribution in [0.25, 0.3) is 38.2 Å². The molecular formula is C57H70ClFN8O5SSi. The van der Waals surface area contributed by atoms with E-state index in [-0.39, 0.29) is 41.9 Å². The number of aromatic nitrogens is 5. The lowest BCUT2D eigenvalue weighted by atomic mass is 9.84. The quantitative estimate of drug-likeness (QED) is 0.0718. The summed E-state index contributed by atoms with van der Waals surface area (Å²) in [5, 5.41) is 11.6. The molecule has 4 atom stereocenters. The zero-order chi connectivity index (χ0) is 53.3. The van der Waals surface area contributed by atoms with Gasteiger partial charge in [0.15, 0.2) is 14.0 Å². The third-order valence-corrected chi connectivity index (χ3v) is 21.7. The van der Waals surface area contributed by atoms with Crippen molar-refractivity contribution < 1.29 is 23.2 Å².